The molecule has 0 saturated heterocycles. The summed E-state index contributed by atoms with van der Waals surface area (Å²) in [4.78, 5) is 24.5. The summed E-state index contributed by atoms with van der Waals surface area (Å²) >= 11 is 0. The van der Waals surface area contributed by atoms with Gasteiger partial charge in [-0.05, 0) is 50.9 Å². The molecule has 1 aromatic heterocycles. The van der Waals surface area contributed by atoms with Crippen molar-refractivity contribution < 1.29 is 18.8 Å². The molecule has 0 aliphatic heterocycles. The summed E-state index contributed by atoms with van der Waals surface area (Å²) < 4.78 is 10.4. The molecule has 25 heavy (non-hydrogen) atoms. The first-order valence-corrected chi connectivity index (χ1v) is 9.29. The SMILES string of the molecule is Cc1noc(C(C)C)c1C(=O)OCC(=O)N[C@@H](C)[C@H]1C[C@H]2CC[C@H]1C2. The number of fused-ring (bicyclic) bond motifs is 2. The quantitative estimate of drug-likeness (QED) is 0.798. The van der Waals surface area contributed by atoms with E-state index in [9.17, 15) is 9.59 Å². The van der Waals surface area contributed by atoms with Crippen molar-refractivity contribution in [1.82, 2.24) is 10.5 Å². The summed E-state index contributed by atoms with van der Waals surface area (Å²) in [5.41, 5.74) is 0.827. The first-order chi connectivity index (χ1) is 11.9. The first-order valence-electron chi connectivity index (χ1n) is 9.29. The van der Waals surface area contributed by atoms with E-state index in [-0.39, 0.29) is 24.5 Å². The van der Waals surface area contributed by atoms with E-state index in [2.05, 4.69) is 17.4 Å². The molecule has 6 heteroatoms. The van der Waals surface area contributed by atoms with E-state index in [1.165, 1.54) is 25.7 Å². The summed E-state index contributed by atoms with van der Waals surface area (Å²) in [7, 11) is 0. The lowest BCUT2D eigenvalue weighted by Crippen LogP contribution is -2.42. The summed E-state index contributed by atoms with van der Waals surface area (Å²) in [5.74, 6) is 1.88. The molecule has 0 spiro atoms. The number of nitrogens with one attached hydrogen (secondary N) is 1. The number of ether oxygens (including phenoxy) is 1. The zero-order valence-corrected chi connectivity index (χ0v) is 15.5. The van der Waals surface area contributed by atoms with Gasteiger partial charge < -0.3 is 14.6 Å². The van der Waals surface area contributed by atoms with Crippen LogP contribution in [0.3, 0.4) is 0 Å². The van der Waals surface area contributed by atoms with Crippen LogP contribution < -0.4 is 5.32 Å². The average Bonchev–Trinajstić information content (AvgIpc) is 3.27. The number of rotatable bonds is 6. The first kappa shape index (κ1) is 18.0. The highest BCUT2D eigenvalue weighted by Gasteiger charge is 2.42. The third kappa shape index (κ3) is 3.72. The Morgan fingerprint density at radius 2 is 2.04 bits per heavy atom. The molecule has 0 unspecified atom stereocenters. The summed E-state index contributed by atoms with van der Waals surface area (Å²) in [6.45, 7) is 7.32. The Kier molecular flexibility index (Phi) is 5.16. The van der Waals surface area contributed by atoms with Gasteiger partial charge in [-0.25, -0.2) is 4.79 Å². The van der Waals surface area contributed by atoms with Gasteiger partial charge in [-0.1, -0.05) is 25.4 Å². The Labute approximate surface area is 148 Å². The van der Waals surface area contributed by atoms with E-state index in [1.54, 1.807) is 6.92 Å². The Balaban J connectivity index is 1.50. The zero-order valence-electron chi connectivity index (χ0n) is 15.5. The molecule has 0 radical (unpaired) electrons. The lowest BCUT2D eigenvalue weighted by Gasteiger charge is -2.28. The van der Waals surface area contributed by atoms with Crippen LogP contribution in [0.15, 0.2) is 4.52 Å². The van der Waals surface area contributed by atoms with E-state index in [0.717, 1.165) is 11.8 Å². The fourth-order valence-electron chi connectivity index (χ4n) is 4.54. The van der Waals surface area contributed by atoms with Crippen molar-refractivity contribution in [3.8, 4) is 0 Å². The molecule has 1 N–H and O–H groups in total. The number of carbonyl (C=O) groups is 2. The molecule has 2 aliphatic carbocycles. The highest BCUT2D eigenvalue weighted by atomic mass is 16.5. The van der Waals surface area contributed by atoms with Crippen LogP contribution >= 0.6 is 0 Å². The lowest BCUT2D eigenvalue weighted by atomic mass is 9.84. The minimum absolute atomic E-state index is 0.0235. The molecular formula is C19H28N2O4. The maximum atomic E-state index is 12.3. The van der Waals surface area contributed by atoms with Crippen LogP contribution in [-0.2, 0) is 9.53 Å². The van der Waals surface area contributed by atoms with Gasteiger partial charge in [0.1, 0.15) is 5.56 Å². The van der Waals surface area contributed by atoms with Crippen molar-refractivity contribution in [2.75, 3.05) is 6.61 Å². The van der Waals surface area contributed by atoms with Crippen LogP contribution in [0.4, 0.5) is 0 Å². The Morgan fingerprint density at radius 3 is 2.64 bits per heavy atom. The molecular weight excluding hydrogens is 320 g/mol. The van der Waals surface area contributed by atoms with Crippen LogP contribution in [0.25, 0.3) is 0 Å². The predicted octanol–water partition coefficient (Wildman–Crippen LogP) is 3.20. The normalized spacial score (nSPS) is 26.0. The number of esters is 1. The highest BCUT2D eigenvalue weighted by molar-refractivity contribution is 5.93. The molecule has 4 atom stereocenters. The predicted molar refractivity (Wildman–Crippen MR) is 92.2 cm³/mol. The third-order valence-electron chi connectivity index (χ3n) is 5.78. The van der Waals surface area contributed by atoms with Crippen LogP contribution in [0.2, 0.25) is 0 Å². The van der Waals surface area contributed by atoms with Crippen molar-refractivity contribution >= 4 is 11.9 Å². The molecule has 1 amide bonds. The van der Waals surface area contributed by atoms with Crippen molar-refractivity contribution in [2.45, 2.75) is 65.3 Å². The molecule has 2 saturated carbocycles. The van der Waals surface area contributed by atoms with Crippen LogP contribution in [-0.4, -0.2) is 29.7 Å². The second-order valence-corrected chi connectivity index (χ2v) is 7.93. The summed E-state index contributed by atoms with van der Waals surface area (Å²) in [6.07, 6.45) is 5.15. The molecule has 3 rings (SSSR count). The second-order valence-electron chi connectivity index (χ2n) is 7.93. The number of aromatic nitrogens is 1. The number of hydrogen-bond acceptors (Lipinski definition) is 5. The van der Waals surface area contributed by atoms with E-state index in [0.29, 0.717) is 22.9 Å². The van der Waals surface area contributed by atoms with Crippen molar-refractivity contribution in [2.24, 2.45) is 17.8 Å². The molecule has 0 aromatic carbocycles. The van der Waals surface area contributed by atoms with Crippen LogP contribution in [0, 0.1) is 24.7 Å². The average molecular weight is 348 g/mol. The number of aryl methyl sites for hydroxylation is 1. The van der Waals surface area contributed by atoms with Gasteiger partial charge in [0.25, 0.3) is 5.91 Å². The number of carbonyl (C=O) groups excluding carboxylic acids is 2. The third-order valence-corrected chi connectivity index (χ3v) is 5.78. The minimum atomic E-state index is -0.551. The van der Waals surface area contributed by atoms with Crippen LogP contribution in [0.1, 0.15) is 74.2 Å². The highest BCUT2D eigenvalue weighted by Crippen LogP contribution is 2.49. The summed E-state index contributed by atoms with van der Waals surface area (Å²) in [6, 6.07) is 0.130. The Morgan fingerprint density at radius 1 is 1.28 bits per heavy atom. The number of amides is 1. The van der Waals surface area contributed by atoms with Gasteiger partial charge in [-0.15, -0.1) is 0 Å². The van der Waals surface area contributed by atoms with Gasteiger partial charge >= 0.3 is 5.97 Å². The van der Waals surface area contributed by atoms with Crippen LogP contribution in [0.5, 0.6) is 0 Å². The van der Waals surface area contributed by atoms with Gasteiger partial charge in [-0.2, -0.15) is 0 Å². The van der Waals surface area contributed by atoms with Gasteiger partial charge in [-0.3, -0.25) is 4.79 Å². The maximum absolute atomic E-state index is 12.3. The fourth-order valence-corrected chi connectivity index (χ4v) is 4.54. The monoisotopic (exact) mass is 348 g/mol. The Hall–Kier alpha value is -1.85. The smallest absolute Gasteiger partial charge is 0.344 e. The number of nitrogens with zero attached hydrogens (tertiary/aromatic N) is 1. The summed E-state index contributed by atoms with van der Waals surface area (Å²) in [5, 5.41) is 6.84. The molecule has 6 nitrogen and oxygen atoms in total. The largest absolute Gasteiger partial charge is 0.452 e. The molecule has 1 aromatic rings. The van der Waals surface area contributed by atoms with Gasteiger partial charge in [0.2, 0.25) is 0 Å². The van der Waals surface area contributed by atoms with Crippen molar-refractivity contribution in [3.63, 3.8) is 0 Å². The molecule has 2 aliphatic rings. The van der Waals surface area contributed by atoms with Crippen molar-refractivity contribution in [3.05, 3.63) is 17.0 Å². The van der Waals surface area contributed by atoms with Crippen molar-refractivity contribution in [1.29, 1.82) is 0 Å². The van der Waals surface area contributed by atoms with E-state index >= 15 is 0 Å². The number of hydrogen-bond donors (Lipinski definition) is 1. The fraction of sp³-hybridized carbons (Fsp3) is 0.737. The molecule has 2 bridgehead atoms. The second kappa shape index (κ2) is 7.18. The Bertz CT molecular complexity index is 652. The standard InChI is InChI=1S/C19H28N2O4/c1-10(2)18-17(12(4)21-25-18)19(23)24-9-16(22)20-11(3)15-8-13-5-6-14(15)7-13/h10-11,13-15H,5-9H2,1-4H3,(H,20,22)/t11-,13-,14-,15+/m0/s1. The van der Waals surface area contributed by atoms with E-state index in [4.69, 9.17) is 9.26 Å². The maximum Gasteiger partial charge on any atom is 0.344 e. The molecule has 138 valence electrons. The lowest BCUT2D eigenvalue weighted by molar-refractivity contribution is -0.125. The zero-order chi connectivity index (χ0) is 18.1. The minimum Gasteiger partial charge on any atom is -0.452 e. The van der Waals surface area contributed by atoms with E-state index < -0.39 is 5.97 Å². The molecule has 1 heterocycles. The van der Waals surface area contributed by atoms with Gasteiger partial charge in [0.15, 0.2) is 12.4 Å². The van der Waals surface area contributed by atoms with Gasteiger partial charge in [0, 0.05) is 12.0 Å². The van der Waals surface area contributed by atoms with E-state index in [1.807, 2.05) is 13.8 Å². The van der Waals surface area contributed by atoms with Gasteiger partial charge in [0.05, 0.1) is 5.69 Å². The topological polar surface area (TPSA) is 81.4 Å². The molecule has 2 fully saturated rings.